The highest BCUT2D eigenvalue weighted by molar-refractivity contribution is 4.38. The molecule has 0 bridgehead atoms. The van der Waals surface area contributed by atoms with Gasteiger partial charge in [-0.1, -0.05) is 6.92 Å². The Morgan fingerprint density at radius 1 is 1.86 bits per heavy atom. The van der Waals surface area contributed by atoms with Crippen LogP contribution >= 0.6 is 0 Å². The van der Waals surface area contributed by atoms with Gasteiger partial charge in [0.05, 0.1) is 6.10 Å². The van der Waals surface area contributed by atoms with Gasteiger partial charge in [-0.05, 0) is 13.3 Å². The van der Waals surface area contributed by atoms with E-state index in [1.165, 1.54) is 0 Å². The summed E-state index contributed by atoms with van der Waals surface area (Å²) in [5, 5.41) is 0. The highest BCUT2D eigenvalue weighted by Gasteiger charge is 1.92. The van der Waals surface area contributed by atoms with E-state index >= 15 is 0 Å². The van der Waals surface area contributed by atoms with Gasteiger partial charge in [-0.15, -0.1) is 5.59 Å². The molecule has 0 aliphatic carbocycles. The van der Waals surface area contributed by atoms with Crippen LogP contribution in [0.5, 0.6) is 0 Å². The third-order valence-electron chi connectivity index (χ3n) is 0.844. The minimum Gasteiger partial charge on any atom is -0.284 e. The summed E-state index contributed by atoms with van der Waals surface area (Å²) in [6.07, 6.45) is 1.19. The van der Waals surface area contributed by atoms with E-state index < -0.39 is 0 Å². The largest absolute Gasteiger partial charge is 0.284 e. The van der Waals surface area contributed by atoms with E-state index in [1.807, 2.05) is 13.8 Å². The first-order chi connectivity index (χ1) is 3.31. The lowest BCUT2D eigenvalue weighted by Crippen LogP contribution is -2.27. The van der Waals surface area contributed by atoms with Crippen LogP contribution in [0.25, 0.3) is 0 Å². The fourth-order valence-electron chi connectivity index (χ4n) is 0.199. The summed E-state index contributed by atoms with van der Waals surface area (Å²) in [4.78, 5) is 4.72. The molecule has 1 atom stereocenters. The van der Waals surface area contributed by atoms with E-state index in [4.69, 9.17) is 10.7 Å². The summed E-state index contributed by atoms with van der Waals surface area (Å²) in [6.45, 7) is 3.97. The Morgan fingerprint density at radius 2 is 2.43 bits per heavy atom. The lowest BCUT2D eigenvalue weighted by Gasteiger charge is -2.05. The van der Waals surface area contributed by atoms with Crippen LogP contribution < -0.4 is 11.4 Å². The molecule has 0 aromatic rings. The second-order valence-electron chi connectivity index (χ2n) is 1.45. The highest BCUT2D eigenvalue weighted by Crippen LogP contribution is 1.89. The van der Waals surface area contributed by atoms with Crippen LogP contribution in [0, 0.1) is 0 Å². The van der Waals surface area contributed by atoms with Crippen LogP contribution in [0.3, 0.4) is 0 Å². The SMILES string of the molecule is CCC(C)ONN. The molecule has 0 aromatic heterocycles. The van der Waals surface area contributed by atoms with E-state index in [0.717, 1.165) is 6.42 Å². The number of hydrogen-bond acceptors (Lipinski definition) is 3. The summed E-state index contributed by atoms with van der Waals surface area (Å²) < 4.78 is 0. The molecule has 0 rings (SSSR count). The first-order valence-corrected chi connectivity index (χ1v) is 2.42. The zero-order chi connectivity index (χ0) is 5.70. The molecule has 0 amide bonds. The van der Waals surface area contributed by atoms with Crippen LogP contribution in [-0.4, -0.2) is 6.10 Å². The second kappa shape index (κ2) is 4.05. The van der Waals surface area contributed by atoms with Gasteiger partial charge in [-0.25, -0.2) is 5.84 Å². The summed E-state index contributed by atoms with van der Waals surface area (Å²) in [6, 6.07) is 0. The average molecular weight is 104 g/mol. The minimum absolute atomic E-state index is 0.213. The molecule has 3 nitrogen and oxygen atoms in total. The van der Waals surface area contributed by atoms with Crippen molar-refractivity contribution in [2.24, 2.45) is 5.84 Å². The molecule has 0 saturated carbocycles. The van der Waals surface area contributed by atoms with Gasteiger partial charge in [0.1, 0.15) is 0 Å². The van der Waals surface area contributed by atoms with E-state index in [9.17, 15) is 0 Å². The average Bonchev–Trinajstić information content (AvgIpc) is 1.68. The summed E-state index contributed by atoms with van der Waals surface area (Å²) in [7, 11) is 0. The van der Waals surface area contributed by atoms with Crippen molar-refractivity contribution in [3.8, 4) is 0 Å². The minimum atomic E-state index is 0.213. The summed E-state index contributed by atoms with van der Waals surface area (Å²) >= 11 is 0. The van der Waals surface area contributed by atoms with Gasteiger partial charge in [-0.2, -0.15) is 0 Å². The van der Waals surface area contributed by atoms with E-state index in [0.29, 0.717) is 0 Å². The van der Waals surface area contributed by atoms with Gasteiger partial charge in [-0.3, -0.25) is 4.84 Å². The Kier molecular flexibility index (Phi) is 3.98. The molecule has 0 aliphatic rings. The molecular formula is C4H12N2O. The van der Waals surface area contributed by atoms with Gasteiger partial charge >= 0.3 is 0 Å². The number of hydrogen-bond donors (Lipinski definition) is 2. The predicted molar refractivity (Wildman–Crippen MR) is 28.2 cm³/mol. The van der Waals surface area contributed by atoms with Crippen molar-refractivity contribution in [2.75, 3.05) is 0 Å². The summed E-state index contributed by atoms with van der Waals surface area (Å²) in [5.74, 6) is 4.83. The fraction of sp³-hybridized carbons (Fsp3) is 1.00. The van der Waals surface area contributed by atoms with E-state index in [1.54, 1.807) is 0 Å². The van der Waals surface area contributed by atoms with Crippen LogP contribution in [0.15, 0.2) is 0 Å². The molecule has 0 fully saturated rings. The first kappa shape index (κ1) is 6.88. The van der Waals surface area contributed by atoms with Gasteiger partial charge in [0.15, 0.2) is 0 Å². The number of nitrogens with one attached hydrogen (secondary N) is 1. The quantitative estimate of drug-likeness (QED) is 0.396. The lowest BCUT2D eigenvalue weighted by molar-refractivity contribution is -0.0167. The molecule has 7 heavy (non-hydrogen) atoms. The Bertz CT molecular complexity index is 40.7. The zero-order valence-corrected chi connectivity index (χ0v) is 4.77. The van der Waals surface area contributed by atoms with Crippen molar-refractivity contribution >= 4 is 0 Å². The predicted octanol–water partition coefficient (Wildman–Crippen LogP) is 0.180. The van der Waals surface area contributed by atoms with Gasteiger partial charge in [0, 0.05) is 0 Å². The van der Waals surface area contributed by atoms with Crippen LogP contribution in [0.1, 0.15) is 20.3 Å². The van der Waals surface area contributed by atoms with Gasteiger partial charge in [0.25, 0.3) is 0 Å². The van der Waals surface area contributed by atoms with Crippen LogP contribution in [0.4, 0.5) is 0 Å². The Morgan fingerprint density at radius 3 is 2.57 bits per heavy atom. The number of rotatable bonds is 3. The summed E-state index contributed by atoms with van der Waals surface area (Å²) in [5.41, 5.74) is 2.12. The first-order valence-electron chi connectivity index (χ1n) is 2.42. The lowest BCUT2D eigenvalue weighted by atomic mass is 10.3. The van der Waals surface area contributed by atoms with Crippen molar-refractivity contribution in [3.05, 3.63) is 0 Å². The maximum Gasteiger partial charge on any atom is 0.0776 e. The number of hydrazine groups is 1. The van der Waals surface area contributed by atoms with Crippen molar-refractivity contribution in [1.29, 1.82) is 0 Å². The van der Waals surface area contributed by atoms with Gasteiger partial charge in [0.2, 0.25) is 0 Å². The zero-order valence-electron chi connectivity index (χ0n) is 4.77. The molecule has 3 N–H and O–H groups in total. The maximum absolute atomic E-state index is 4.83. The maximum atomic E-state index is 4.83. The molecule has 0 saturated heterocycles. The van der Waals surface area contributed by atoms with Crippen molar-refractivity contribution in [3.63, 3.8) is 0 Å². The van der Waals surface area contributed by atoms with Gasteiger partial charge < -0.3 is 0 Å². The molecule has 44 valence electrons. The van der Waals surface area contributed by atoms with Crippen molar-refractivity contribution < 1.29 is 4.84 Å². The molecule has 0 aliphatic heterocycles. The molecule has 1 unspecified atom stereocenters. The fourth-order valence-corrected chi connectivity index (χ4v) is 0.199. The van der Waals surface area contributed by atoms with E-state index in [-0.39, 0.29) is 6.10 Å². The Hall–Kier alpha value is -0.120. The normalized spacial score (nSPS) is 14.1. The third-order valence-corrected chi connectivity index (χ3v) is 0.844. The van der Waals surface area contributed by atoms with Crippen molar-refractivity contribution in [1.82, 2.24) is 5.59 Å². The monoisotopic (exact) mass is 104 g/mol. The highest BCUT2D eigenvalue weighted by atomic mass is 16.7. The molecule has 0 radical (unpaired) electrons. The molecule has 0 aromatic carbocycles. The molecule has 0 spiro atoms. The van der Waals surface area contributed by atoms with E-state index in [2.05, 4.69) is 5.59 Å². The Labute approximate surface area is 43.8 Å². The topological polar surface area (TPSA) is 47.3 Å². The standard InChI is InChI=1S/C4H12N2O/c1-3-4(2)7-6-5/h4,6H,3,5H2,1-2H3. The molecular weight excluding hydrogens is 92.1 g/mol. The number of nitrogens with two attached hydrogens (primary N) is 1. The van der Waals surface area contributed by atoms with Crippen LogP contribution in [-0.2, 0) is 4.84 Å². The van der Waals surface area contributed by atoms with Crippen LogP contribution in [0.2, 0.25) is 0 Å². The molecule has 0 heterocycles. The second-order valence-corrected chi connectivity index (χ2v) is 1.45. The van der Waals surface area contributed by atoms with Crippen molar-refractivity contribution in [2.45, 2.75) is 26.4 Å². The third kappa shape index (κ3) is 3.72. The molecule has 3 heteroatoms. The Balaban J connectivity index is 2.83. The smallest absolute Gasteiger partial charge is 0.0776 e.